The maximum atomic E-state index is 5.87. The Labute approximate surface area is 90.6 Å². The van der Waals surface area contributed by atoms with Gasteiger partial charge in [-0.15, -0.1) is 10.2 Å². The van der Waals surface area contributed by atoms with Crippen LogP contribution in [0.2, 0.25) is 5.02 Å². The van der Waals surface area contributed by atoms with Crippen LogP contribution in [0.4, 0.5) is 11.6 Å². The van der Waals surface area contributed by atoms with Crippen molar-refractivity contribution < 1.29 is 0 Å². The number of nitrogen functional groups attached to an aromatic ring is 3. The molecule has 15 heavy (non-hydrogen) atoms. The zero-order valence-corrected chi connectivity index (χ0v) is 8.44. The molecule has 0 saturated heterocycles. The highest BCUT2D eigenvalue weighted by atomic mass is 35.5. The average Bonchev–Trinajstić information content (AvgIpc) is 2.53. The predicted octanol–water partition coefficient (Wildman–Crippen LogP) is 0.477. The van der Waals surface area contributed by atoms with Gasteiger partial charge < -0.3 is 17.3 Å². The lowest BCUT2D eigenvalue weighted by Gasteiger charge is -2.05. The van der Waals surface area contributed by atoms with Crippen molar-refractivity contribution in [3.8, 4) is 11.4 Å². The van der Waals surface area contributed by atoms with Gasteiger partial charge in [0.2, 0.25) is 5.95 Å². The molecule has 0 bridgehead atoms. The number of hydrogen-bond donors (Lipinski definition) is 3. The molecule has 78 valence electrons. The number of halogens is 1. The first-order valence-corrected chi connectivity index (χ1v) is 4.49. The van der Waals surface area contributed by atoms with Gasteiger partial charge in [-0.2, -0.15) is 0 Å². The third kappa shape index (κ3) is 1.44. The molecular weight excluding hydrogens is 216 g/mol. The van der Waals surface area contributed by atoms with E-state index >= 15 is 0 Å². The van der Waals surface area contributed by atoms with Crippen LogP contribution in [0.3, 0.4) is 0 Å². The van der Waals surface area contributed by atoms with Gasteiger partial charge in [0.15, 0.2) is 5.82 Å². The number of nitrogens with zero attached hydrogens (tertiary/aromatic N) is 3. The second-order valence-electron chi connectivity index (χ2n) is 2.95. The monoisotopic (exact) mass is 224 g/mol. The van der Waals surface area contributed by atoms with E-state index in [1.807, 2.05) is 0 Å². The van der Waals surface area contributed by atoms with Crippen molar-refractivity contribution in [1.82, 2.24) is 14.9 Å². The molecule has 2 rings (SSSR count). The third-order valence-electron chi connectivity index (χ3n) is 2.02. The van der Waals surface area contributed by atoms with Gasteiger partial charge in [0.05, 0.1) is 10.7 Å². The summed E-state index contributed by atoms with van der Waals surface area (Å²) in [4.78, 5) is 0. The molecule has 6 N–H and O–H groups in total. The lowest BCUT2D eigenvalue weighted by atomic mass is 10.2. The van der Waals surface area contributed by atoms with E-state index in [9.17, 15) is 0 Å². The summed E-state index contributed by atoms with van der Waals surface area (Å²) in [7, 11) is 0. The Kier molecular flexibility index (Phi) is 2.12. The quantitative estimate of drug-likeness (QED) is 0.482. The van der Waals surface area contributed by atoms with Crippen molar-refractivity contribution in [1.29, 1.82) is 0 Å². The number of nitrogens with two attached hydrogens (primary N) is 3. The highest BCUT2D eigenvalue weighted by Crippen LogP contribution is 2.29. The minimum absolute atomic E-state index is 0.115. The van der Waals surface area contributed by atoms with Crippen molar-refractivity contribution >= 4 is 23.2 Å². The molecule has 0 aliphatic heterocycles. The maximum Gasteiger partial charge on any atom is 0.241 e. The molecule has 6 nitrogen and oxygen atoms in total. The van der Waals surface area contributed by atoms with Crippen molar-refractivity contribution in [2.45, 2.75) is 0 Å². The largest absolute Gasteiger partial charge is 0.397 e. The minimum atomic E-state index is 0.115. The van der Waals surface area contributed by atoms with Gasteiger partial charge in [0.1, 0.15) is 0 Å². The zero-order valence-electron chi connectivity index (χ0n) is 7.68. The summed E-state index contributed by atoms with van der Waals surface area (Å²) < 4.78 is 1.15. The summed E-state index contributed by atoms with van der Waals surface area (Å²) >= 11 is 5.87. The molecule has 7 heteroatoms. The standard InChI is InChI=1S/C8H9ClN6/c9-5-3-1-2-4(6(5)10)7-13-14-8(11)15(7)12/h1-3H,10,12H2,(H2,11,14). The van der Waals surface area contributed by atoms with E-state index in [1.165, 1.54) is 0 Å². The third-order valence-corrected chi connectivity index (χ3v) is 2.35. The van der Waals surface area contributed by atoms with E-state index in [0.717, 1.165) is 4.68 Å². The van der Waals surface area contributed by atoms with Crippen LogP contribution in [0.25, 0.3) is 11.4 Å². The first-order valence-electron chi connectivity index (χ1n) is 4.11. The lowest BCUT2D eigenvalue weighted by molar-refractivity contribution is 1.02. The SMILES string of the molecule is Nc1c(Cl)cccc1-c1nnc(N)n1N. The molecule has 0 fully saturated rings. The van der Waals surface area contributed by atoms with Crippen LogP contribution >= 0.6 is 11.6 Å². The van der Waals surface area contributed by atoms with Crippen molar-refractivity contribution in [3.05, 3.63) is 23.2 Å². The molecule has 1 aromatic heterocycles. The van der Waals surface area contributed by atoms with Gasteiger partial charge in [0.25, 0.3) is 0 Å². The highest BCUT2D eigenvalue weighted by Gasteiger charge is 2.13. The van der Waals surface area contributed by atoms with E-state index in [2.05, 4.69) is 10.2 Å². The van der Waals surface area contributed by atoms with Crippen LogP contribution in [-0.4, -0.2) is 14.9 Å². The average molecular weight is 225 g/mol. The Morgan fingerprint density at radius 3 is 2.53 bits per heavy atom. The van der Waals surface area contributed by atoms with Gasteiger partial charge >= 0.3 is 0 Å². The highest BCUT2D eigenvalue weighted by molar-refractivity contribution is 6.33. The maximum absolute atomic E-state index is 5.87. The molecule has 0 amide bonds. The van der Waals surface area contributed by atoms with E-state index in [-0.39, 0.29) is 5.95 Å². The Bertz CT molecular complexity index is 506. The number of rotatable bonds is 1. The van der Waals surface area contributed by atoms with Crippen LogP contribution < -0.4 is 17.3 Å². The minimum Gasteiger partial charge on any atom is -0.397 e. The van der Waals surface area contributed by atoms with Gasteiger partial charge in [-0.05, 0) is 12.1 Å². The van der Waals surface area contributed by atoms with Gasteiger partial charge in [-0.1, -0.05) is 17.7 Å². The van der Waals surface area contributed by atoms with Crippen LogP contribution in [-0.2, 0) is 0 Å². The fourth-order valence-corrected chi connectivity index (χ4v) is 1.39. The molecule has 1 heterocycles. The van der Waals surface area contributed by atoms with Gasteiger partial charge in [0, 0.05) is 5.56 Å². The Morgan fingerprint density at radius 2 is 1.93 bits per heavy atom. The number of anilines is 2. The molecule has 2 aromatic rings. The molecule has 0 aliphatic rings. The normalized spacial score (nSPS) is 10.5. The second-order valence-corrected chi connectivity index (χ2v) is 3.36. The first kappa shape index (κ1) is 9.60. The van der Waals surface area contributed by atoms with Gasteiger partial charge in [-0.3, -0.25) is 0 Å². The Morgan fingerprint density at radius 1 is 1.20 bits per heavy atom. The van der Waals surface area contributed by atoms with Crippen LogP contribution in [0.5, 0.6) is 0 Å². The molecule has 0 aliphatic carbocycles. The number of para-hydroxylation sites is 1. The fraction of sp³-hybridized carbons (Fsp3) is 0. The molecule has 0 saturated carbocycles. The molecule has 1 aromatic carbocycles. The smallest absolute Gasteiger partial charge is 0.241 e. The Balaban J connectivity index is 2.64. The van der Waals surface area contributed by atoms with Crippen molar-refractivity contribution in [3.63, 3.8) is 0 Å². The summed E-state index contributed by atoms with van der Waals surface area (Å²) in [5.74, 6) is 6.12. The topological polar surface area (TPSA) is 109 Å². The Hall–Kier alpha value is -1.95. The fourth-order valence-electron chi connectivity index (χ4n) is 1.22. The second kappa shape index (κ2) is 3.32. The van der Waals surface area contributed by atoms with Crippen LogP contribution in [0.1, 0.15) is 0 Å². The van der Waals surface area contributed by atoms with E-state index in [1.54, 1.807) is 18.2 Å². The van der Waals surface area contributed by atoms with E-state index in [0.29, 0.717) is 22.1 Å². The van der Waals surface area contributed by atoms with Crippen molar-refractivity contribution in [2.75, 3.05) is 17.3 Å². The molecule has 0 unspecified atom stereocenters. The number of hydrogen-bond acceptors (Lipinski definition) is 5. The molecule has 0 spiro atoms. The van der Waals surface area contributed by atoms with Crippen LogP contribution in [0.15, 0.2) is 18.2 Å². The summed E-state index contributed by atoms with van der Waals surface area (Å²) in [5.41, 5.74) is 12.2. The summed E-state index contributed by atoms with van der Waals surface area (Å²) in [6.45, 7) is 0. The summed E-state index contributed by atoms with van der Waals surface area (Å²) in [6, 6.07) is 5.17. The molecular formula is C8H9ClN6. The lowest BCUT2D eigenvalue weighted by Crippen LogP contribution is -2.13. The molecule has 0 atom stereocenters. The zero-order chi connectivity index (χ0) is 11.0. The van der Waals surface area contributed by atoms with Crippen LogP contribution in [0, 0.1) is 0 Å². The molecule has 0 radical (unpaired) electrons. The van der Waals surface area contributed by atoms with E-state index < -0.39 is 0 Å². The summed E-state index contributed by atoms with van der Waals surface area (Å²) in [5, 5.41) is 7.88. The van der Waals surface area contributed by atoms with E-state index in [4.69, 9.17) is 28.9 Å². The number of benzene rings is 1. The van der Waals surface area contributed by atoms with Gasteiger partial charge in [-0.25, -0.2) is 4.68 Å². The van der Waals surface area contributed by atoms with Crippen molar-refractivity contribution in [2.24, 2.45) is 0 Å². The summed E-state index contributed by atoms with van der Waals surface area (Å²) in [6.07, 6.45) is 0. The predicted molar refractivity (Wildman–Crippen MR) is 59.4 cm³/mol. The number of aromatic nitrogens is 3. The first-order chi connectivity index (χ1) is 7.11.